The molecular weight excluding hydrogens is 260 g/mol. The number of anilines is 1. The number of hydrogen-bond donors (Lipinski definition) is 2. The van der Waals surface area contributed by atoms with Gasteiger partial charge in [-0.1, -0.05) is 25.4 Å². The van der Waals surface area contributed by atoms with Crippen LogP contribution >= 0.6 is 11.6 Å². The Labute approximate surface area is 119 Å². The molecule has 0 bridgehead atoms. The van der Waals surface area contributed by atoms with Crippen molar-refractivity contribution in [3.63, 3.8) is 0 Å². The van der Waals surface area contributed by atoms with Crippen LogP contribution < -0.4 is 11.1 Å². The summed E-state index contributed by atoms with van der Waals surface area (Å²) in [7, 11) is 0. The predicted molar refractivity (Wildman–Crippen MR) is 79.4 cm³/mol. The van der Waals surface area contributed by atoms with Gasteiger partial charge in [0.05, 0.1) is 10.6 Å². The van der Waals surface area contributed by atoms with Crippen LogP contribution in [0, 0.1) is 5.41 Å². The maximum absolute atomic E-state index is 12.2. The van der Waals surface area contributed by atoms with Crippen molar-refractivity contribution < 1.29 is 4.79 Å². The van der Waals surface area contributed by atoms with Crippen molar-refractivity contribution in [2.24, 2.45) is 5.41 Å². The van der Waals surface area contributed by atoms with Crippen molar-refractivity contribution in [2.75, 3.05) is 5.73 Å². The molecule has 0 spiro atoms. The minimum Gasteiger partial charge on any atom is -0.399 e. The predicted octanol–water partition coefficient (Wildman–Crippen LogP) is 3.62. The van der Waals surface area contributed by atoms with Crippen molar-refractivity contribution in [2.45, 2.75) is 45.6 Å². The Kier molecular flexibility index (Phi) is 4.04. The van der Waals surface area contributed by atoms with Gasteiger partial charge in [0.25, 0.3) is 5.91 Å². The Morgan fingerprint density at radius 3 is 2.58 bits per heavy atom. The van der Waals surface area contributed by atoms with E-state index in [1.807, 2.05) is 0 Å². The minimum absolute atomic E-state index is 0.102. The molecule has 1 aliphatic carbocycles. The van der Waals surface area contributed by atoms with Crippen LogP contribution in [-0.2, 0) is 0 Å². The number of nitrogen functional groups attached to an aromatic ring is 1. The molecule has 3 nitrogen and oxygen atoms in total. The molecule has 0 aliphatic heterocycles. The number of amides is 1. The zero-order valence-electron chi connectivity index (χ0n) is 11.5. The first-order valence-electron chi connectivity index (χ1n) is 6.73. The standard InChI is InChI=1S/C15H21ClN2O/c1-15(2)7-5-11(6-8-15)18-14(19)12-4-3-10(17)9-13(12)16/h3-4,9,11H,5-8,17H2,1-2H3,(H,18,19). The van der Waals surface area contributed by atoms with Crippen molar-refractivity contribution in [1.82, 2.24) is 5.32 Å². The van der Waals surface area contributed by atoms with Gasteiger partial charge in [0.2, 0.25) is 0 Å². The van der Waals surface area contributed by atoms with Gasteiger partial charge in [-0.05, 0) is 49.3 Å². The van der Waals surface area contributed by atoms with Gasteiger partial charge in [-0.25, -0.2) is 0 Å². The van der Waals surface area contributed by atoms with Gasteiger partial charge in [-0.15, -0.1) is 0 Å². The van der Waals surface area contributed by atoms with Gasteiger partial charge < -0.3 is 11.1 Å². The SMILES string of the molecule is CC1(C)CCC(NC(=O)c2ccc(N)cc2Cl)CC1. The molecule has 0 aromatic heterocycles. The number of benzene rings is 1. The Morgan fingerprint density at radius 2 is 2.00 bits per heavy atom. The molecule has 1 aliphatic rings. The molecule has 19 heavy (non-hydrogen) atoms. The summed E-state index contributed by atoms with van der Waals surface area (Å²) in [6.45, 7) is 4.56. The summed E-state index contributed by atoms with van der Waals surface area (Å²) in [6.07, 6.45) is 4.36. The average molecular weight is 281 g/mol. The van der Waals surface area contributed by atoms with Gasteiger partial charge in [0, 0.05) is 11.7 Å². The molecule has 0 unspecified atom stereocenters. The summed E-state index contributed by atoms with van der Waals surface area (Å²) < 4.78 is 0. The van der Waals surface area contributed by atoms with Crippen molar-refractivity contribution in [1.29, 1.82) is 0 Å². The minimum atomic E-state index is -0.102. The molecule has 4 heteroatoms. The lowest BCUT2D eigenvalue weighted by atomic mass is 9.75. The highest BCUT2D eigenvalue weighted by Crippen LogP contribution is 2.35. The second-order valence-corrected chi connectivity index (χ2v) is 6.56. The summed E-state index contributed by atoms with van der Waals surface area (Å²) in [5.74, 6) is -0.102. The van der Waals surface area contributed by atoms with Gasteiger partial charge in [-0.2, -0.15) is 0 Å². The maximum Gasteiger partial charge on any atom is 0.253 e. The van der Waals surface area contributed by atoms with Gasteiger partial charge in [0.15, 0.2) is 0 Å². The van der Waals surface area contributed by atoms with E-state index < -0.39 is 0 Å². The van der Waals surface area contributed by atoms with Crippen LogP contribution in [0.3, 0.4) is 0 Å². The van der Waals surface area contributed by atoms with Crippen LogP contribution in [0.5, 0.6) is 0 Å². The third-order valence-electron chi connectivity index (χ3n) is 3.91. The van der Waals surface area contributed by atoms with Crippen LogP contribution in [0.2, 0.25) is 5.02 Å². The summed E-state index contributed by atoms with van der Waals surface area (Å²) >= 11 is 6.05. The summed E-state index contributed by atoms with van der Waals surface area (Å²) in [4.78, 5) is 12.2. The fourth-order valence-electron chi connectivity index (χ4n) is 2.52. The Balaban J connectivity index is 1.98. The Bertz CT molecular complexity index is 475. The topological polar surface area (TPSA) is 55.1 Å². The second-order valence-electron chi connectivity index (χ2n) is 6.15. The number of halogens is 1. The number of nitrogens with one attached hydrogen (secondary N) is 1. The summed E-state index contributed by atoms with van der Waals surface area (Å²) in [5, 5.41) is 3.48. The average Bonchev–Trinajstić information content (AvgIpc) is 2.31. The molecule has 1 amide bonds. The van der Waals surface area contributed by atoms with E-state index in [0.29, 0.717) is 21.7 Å². The lowest BCUT2D eigenvalue weighted by molar-refractivity contribution is 0.0909. The molecule has 1 fully saturated rings. The lowest BCUT2D eigenvalue weighted by Gasteiger charge is -2.34. The molecule has 1 aromatic rings. The largest absolute Gasteiger partial charge is 0.399 e. The van der Waals surface area contributed by atoms with Gasteiger partial charge in [0.1, 0.15) is 0 Å². The highest BCUT2D eigenvalue weighted by molar-refractivity contribution is 6.34. The number of carbonyl (C=O) groups is 1. The molecule has 0 atom stereocenters. The van der Waals surface area contributed by atoms with E-state index in [0.717, 1.165) is 25.7 Å². The number of carbonyl (C=O) groups excluding carboxylic acids is 1. The molecule has 1 aromatic carbocycles. The van der Waals surface area contributed by atoms with Crippen molar-refractivity contribution in [3.05, 3.63) is 28.8 Å². The quantitative estimate of drug-likeness (QED) is 0.813. The Hall–Kier alpha value is -1.22. The maximum atomic E-state index is 12.2. The second kappa shape index (κ2) is 5.41. The monoisotopic (exact) mass is 280 g/mol. The lowest BCUT2D eigenvalue weighted by Crippen LogP contribution is -2.39. The van der Waals surface area contributed by atoms with Crippen LogP contribution in [0.1, 0.15) is 49.9 Å². The van der Waals surface area contributed by atoms with E-state index in [-0.39, 0.29) is 11.9 Å². The number of hydrogen-bond acceptors (Lipinski definition) is 2. The van der Waals surface area contributed by atoms with Crippen molar-refractivity contribution >= 4 is 23.2 Å². The van der Waals surface area contributed by atoms with Gasteiger partial charge in [-0.3, -0.25) is 4.79 Å². The van der Waals surface area contributed by atoms with Gasteiger partial charge >= 0.3 is 0 Å². The van der Waals surface area contributed by atoms with Crippen LogP contribution in [0.25, 0.3) is 0 Å². The highest BCUT2D eigenvalue weighted by atomic mass is 35.5. The zero-order chi connectivity index (χ0) is 14.0. The first kappa shape index (κ1) is 14.2. The highest BCUT2D eigenvalue weighted by Gasteiger charge is 2.27. The molecular formula is C15H21ClN2O. The molecule has 0 heterocycles. The van der Waals surface area contributed by atoms with E-state index in [9.17, 15) is 4.79 Å². The molecule has 0 saturated heterocycles. The van der Waals surface area contributed by atoms with E-state index in [1.165, 1.54) is 0 Å². The first-order valence-corrected chi connectivity index (χ1v) is 7.11. The van der Waals surface area contributed by atoms with Crippen LogP contribution in [0.4, 0.5) is 5.69 Å². The van der Waals surface area contributed by atoms with E-state index in [4.69, 9.17) is 17.3 Å². The molecule has 0 radical (unpaired) electrons. The summed E-state index contributed by atoms with van der Waals surface area (Å²) in [5.41, 5.74) is 7.10. The van der Waals surface area contributed by atoms with E-state index in [1.54, 1.807) is 18.2 Å². The normalized spacial score (nSPS) is 19.1. The Morgan fingerprint density at radius 1 is 1.37 bits per heavy atom. The van der Waals surface area contributed by atoms with Crippen LogP contribution in [0.15, 0.2) is 18.2 Å². The fraction of sp³-hybridized carbons (Fsp3) is 0.533. The number of rotatable bonds is 2. The third kappa shape index (κ3) is 3.63. The first-order chi connectivity index (χ1) is 8.87. The molecule has 2 rings (SSSR count). The summed E-state index contributed by atoms with van der Waals surface area (Å²) in [6, 6.07) is 5.25. The van der Waals surface area contributed by atoms with Crippen molar-refractivity contribution in [3.8, 4) is 0 Å². The smallest absolute Gasteiger partial charge is 0.253 e. The zero-order valence-corrected chi connectivity index (χ0v) is 12.3. The van der Waals surface area contributed by atoms with E-state index >= 15 is 0 Å². The fourth-order valence-corrected chi connectivity index (χ4v) is 2.80. The van der Waals surface area contributed by atoms with Crippen LogP contribution in [-0.4, -0.2) is 11.9 Å². The number of nitrogens with two attached hydrogens (primary N) is 1. The molecule has 104 valence electrons. The molecule has 1 saturated carbocycles. The third-order valence-corrected chi connectivity index (χ3v) is 4.22. The molecule has 3 N–H and O–H groups in total. The van der Waals surface area contributed by atoms with E-state index in [2.05, 4.69) is 19.2 Å².